The second kappa shape index (κ2) is 7.27. The fourth-order valence-electron chi connectivity index (χ4n) is 4.18. The highest BCUT2D eigenvalue weighted by molar-refractivity contribution is 5.23. The van der Waals surface area contributed by atoms with Gasteiger partial charge in [0.05, 0.1) is 5.69 Å². The topological polar surface area (TPSA) is 49.0 Å². The van der Waals surface area contributed by atoms with Crippen LogP contribution in [0, 0.1) is 11.6 Å². The van der Waals surface area contributed by atoms with Crippen LogP contribution in [0.25, 0.3) is 0 Å². The average molecular weight is 359 g/mol. The van der Waals surface area contributed by atoms with E-state index in [-0.39, 0.29) is 5.56 Å². The molecule has 1 N–H and O–H groups in total. The Labute approximate surface area is 151 Å². The van der Waals surface area contributed by atoms with E-state index in [1.165, 1.54) is 31.4 Å². The van der Waals surface area contributed by atoms with Gasteiger partial charge in [0.25, 0.3) is 5.56 Å². The summed E-state index contributed by atoms with van der Waals surface area (Å²) in [5.41, 5.74) is 2.15. The number of halogens is 2. The largest absolute Gasteiger partial charge is 0.310 e. The Kier molecular flexibility index (Phi) is 4.85. The summed E-state index contributed by atoms with van der Waals surface area (Å²) >= 11 is 0. The lowest BCUT2D eigenvalue weighted by Gasteiger charge is -2.29. The molecule has 1 aromatic heterocycles. The fraction of sp³-hybridized carbons (Fsp3) is 0.500. The highest BCUT2D eigenvalue weighted by Gasteiger charge is 2.24. The maximum atomic E-state index is 13.4. The molecule has 2 aromatic rings. The zero-order valence-electron chi connectivity index (χ0n) is 14.7. The summed E-state index contributed by atoms with van der Waals surface area (Å²) in [6.07, 6.45) is 6.39. The van der Waals surface area contributed by atoms with Gasteiger partial charge in [0.15, 0.2) is 0 Å². The van der Waals surface area contributed by atoms with Crippen LogP contribution in [0.15, 0.2) is 23.0 Å². The number of aromatic amines is 1. The van der Waals surface area contributed by atoms with Crippen LogP contribution in [0.5, 0.6) is 0 Å². The molecule has 4 nitrogen and oxygen atoms in total. The van der Waals surface area contributed by atoms with Crippen LogP contribution in [-0.4, -0.2) is 21.4 Å². The Balaban J connectivity index is 1.55. The van der Waals surface area contributed by atoms with Crippen LogP contribution >= 0.6 is 0 Å². The van der Waals surface area contributed by atoms with Crippen LogP contribution in [0.2, 0.25) is 0 Å². The molecule has 0 amide bonds. The molecule has 1 fully saturated rings. The molecule has 2 aliphatic rings. The highest BCUT2D eigenvalue weighted by atomic mass is 19.1. The number of aromatic nitrogens is 2. The first-order valence-electron chi connectivity index (χ1n) is 9.38. The number of nitrogens with one attached hydrogen (secondary N) is 1. The van der Waals surface area contributed by atoms with E-state index in [1.807, 2.05) is 0 Å². The zero-order chi connectivity index (χ0) is 18.1. The van der Waals surface area contributed by atoms with E-state index in [9.17, 15) is 13.6 Å². The number of rotatable bonds is 3. The lowest BCUT2D eigenvalue weighted by molar-refractivity contribution is 0.239. The van der Waals surface area contributed by atoms with Crippen molar-refractivity contribution in [1.82, 2.24) is 14.9 Å². The molecule has 0 unspecified atom stereocenters. The lowest BCUT2D eigenvalue weighted by atomic mass is 9.88. The van der Waals surface area contributed by atoms with Crippen molar-refractivity contribution in [3.63, 3.8) is 0 Å². The van der Waals surface area contributed by atoms with Crippen LogP contribution in [0.4, 0.5) is 8.78 Å². The highest BCUT2D eigenvalue weighted by Crippen LogP contribution is 2.30. The first-order chi connectivity index (χ1) is 12.6. The molecule has 4 rings (SSSR count). The van der Waals surface area contributed by atoms with Gasteiger partial charge in [0.1, 0.15) is 17.5 Å². The van der Waals surface area contributed by atoms with Gasteiger partial charge in [-0.1, -0.05) is 19.3 Å². The SMILES string of the molecule is O=c1[nH]c(C2CCCCC2)nc2c1CCN(Cc1cc(F)cc(F)c1)C2. The van der Waals surface area contributed by atoms with E-state index in [1.54, 1.807) is 0 Å². The van der Waals surface area contributed by atoms with Crippen LogP contribution in [-0.2, 0) is 19.5 Å². The van der Waals surface area contributed by atoms with Crippen molar-refractivity contribution in [2.75, 3.05) is 6.54 Å². The normalized spacial score (nSPS) is 18.7. The molecule has 1 saturated carbocycles. The van der Waals surface area contributed by atoms with E-state index in [0.717, 1.165) is 36.0 Å². The molecule has 1 aliphatic carbocycles. The van der Waals surface area contributed by atoms with Gasteiger partial charge in [-0.25, -0.2) is 13.8 Å². The van der Waals surface area contributed by atoms with Gasteiger partial charge in [0, 0.05) is 37.2 Å². The van der Waals surface area contributed by atoms with Gasteiger partial charge in [-0.15, -0.1) is 0 Å². The molecule has 1 aromatic carbocycles. The third kappa shape index (κ3) is 3.70. The Morgan fingerprint density at radius 3 is 2.58 bits per heavy atom. The lowest BCUT2D eigenvalue weighted by Crippen LogP contribution is -2.35. The molecule has 0 saturated heterocycles. The number of H-pyrrole nitrogens is 1. The number of hydrogen-bond acceptors (Lipinski definition) is 3. The number of benzene rings is 1. The molecule has 26 heavy (non-hydrogen) atoms. The summed E-state index contributed by atoms with van der Waals surface area (Å²) in [6.45, 7) is 1.66. The number of hydrogen-bond donors (Lipinski definition) is 1. The molecular formula is C20H23F2N3O. The Morgan fingerprint density at radius 2 is 1.85 bits per heavy atom. The minimum absolute atomic E-state index is 0.0213. The predicted octanol–water partition coefficient (Wildman–Crippen LogP) is 3.65. The molecular weight excluding hydrogens is 336 g/mol. The van der Waals surface area contributed by atoms with Crippen LogP contribution in [0.1, 0.15) is 60.7 Å². The van der Waals surface area contributed by atoms with Gasteiger partial charge in [-0.3, -0.25) is 9.69 Å². The molecule has 138 valence electrons. The van der Waals surface area contributed by atoms with Crippen molar-refractivity contribution < 1.29 is 8.78 Å². The average Bonchev–Trinajstić information content (AvgIpc) is 2.61. The number of nitrogens with zero attached hydrogens (tertiary/aromatic N) is 2. The first kappa shape index (κ1) is 17.3. The van der Waals surface area contributed by atoms with Gasteiger partial charge >= 0.3 is 0 Å². The van der Waals surface area contributed by atoms with Crippen molar-refractivity contribution in [2.45, 2.75) is 57.5 Å². The predicted molar refractivity (Wildman–Crippen MR) is 94.9 cm³/mol. The molecule has 2 heterocycles. The summed E-state index contributed by atoms with van der Waals surface area (Å²) in [7, 11) is 0. The smallest absolute Gasteiger partial charge is 0.254 e. The molecule has 0 spiro atoms. The van der Waals surface area contributed by atoms with Gasteiger partial charge in [-0.05, 0) is 37.0 Å². The van der Waals surface area contributed by atoms with E-state index in [2.05, 4.69) is 9.88 Å². The second-order valence-corrected chi connectivity index (χ2v) is 7.45. The minimum Gasteiger partial charge on any atom is -0.310 e. The molecule has 0 radical (unpaired) electrons. The van der Waals surface area contributed by atoms with Gasteiger partial charge in [-0.2, -0.15) is 0 Å². The van der Waals surface area contributed by atoms with Crippen molar-refractivity contribution in [3.8, 4) is 0 Å². The van der Waals surface area contributed by atoms with Crippen LogP contribution < -0.4 is 5.56 Å². The maximum Gasteiger partial charge on any atom is 0.254 e. The van der Waals surface area contributed by atoms with Crippen LogP contribution in [0.3, 0.4) is 0 Å². The summed E-state index contributed by atoms with van der Waals surface area (Å²) in [6, 6.07) is 3.60. The maximum absolute atomic E-state index is 13.4. The first-order valence-corrected chi connectivity index (χ1v) is 9.38. The fourth-order valence-corrected chi connectivity index (χ4v) is 4.18. The minimum atomic E-state index is -0.563. The molecule has 0 bridgehead atoms. The van der Waals surface area contributed by atoms with Crippen molar-refractivity contribution in [2.24, 2.45) is 0 Å². The summed E-state index contributed by atoms with van der Waals surface area (Å²) in [5.74, 6) is 0.0275. The molecule has 1 aliphatic heterocycles. The summed E-state index contributed by atoms with van der Waals surface area (Å²) in [4.78, 5) is 22.3. The van der Waals surface area contributed by atoms with E-state index < -0.39 is 11.6 Å². The van der Waals surface area contributed by atoms with E-state index in [0.29, 0.717) is 37.5 Å². The standard InChI is InChI=1S/C20H23F2N3O/c21-15-8-13(9-16(22)10-15)11-25-7-6-17-18(12-25)23-19(24-20(17)26)14-4-2-1-3-5-14/h8-10,14H,1-7,11-12H2,(H,23,24,26). The third-order valence-corrected chi connectivity index (χ3v) is 5.49. The van der Waals surface area contributed by atoms with E-state index >= 15 is 0 Å². The monoisotopic (exact) mass is 359 g/mol. The Hall–Kier alpha value is -2.08. The summed E-state index contributed by atoms with van der Waals surface area (Å²) in [5, 5.41) is 0. The van der Waals surface area contributed by atoms with Crippen molar-refractivity contribution >= 4 is 0 Å². The van der Waals surface area contributed by atoms with Crippen molar-refractivity contribution in [3.05, 3.63) is 62.8 Å². The van der Waals surface area contributed by atoms with Crippen molar-refractivity contribution in [1.29, 1.82) is 0 Å². The zero-order valence-corrected chi connectivity index (χ0v) is 14.7. The number of fused-ring (bicyclic) bond motifs is 1. The quantitative estimate of drug-likeness (QED) is 0.910. The van der Waals surface area contributed by atoms with Gasteiger partial charge in [0.2, 0.25) is 0 Å². The van der Waals surface area contributed by atoms with Gasteiger partial charge < -0.3 is 4.98 Å². The van der Waals surface area contributed by atoms with E-state index in [4.69, 9.17) is 4.98 Å². The second-order valence-electron chi connectivity index (χ2n) is 7.45. The Morgan fingerprint density at radius 1 is 1.12 bits per heavy atom. The summed E-state index contributed by atoms with van der Waals surface area (Å²) < 4.78 is 26.8. The Bertz CT molecular complexity index is 838. The molecule has 6 heteroatoms. The molecule has 0 atom stereocenters. The third-order valence-electron chi connectivity index (χ3n) is 5.49.